The third kappa shape index (κ3) is 5.16. The summed E-state index contributed by atoms with van der Waals surface area (Å²) in [5.41, 5.74) is 4.28. The third-order valence-electron chi connectivity index (χ3n) is 3.07. The molecule has 0 aromatic heterocycles. The first-order valence-electron chi connectivity index (χ1n) is 6.98. The number of phenolic OH excluding ortho intramolecular Hbond substituents is 1. The second-order valence-corrected chi connectivity index (χ2v) is 6.22. The highest BCUT2D eigenvalue weighted by atomic mass is 35.5. The van der Waals surface area contributed by atoms with Crippen LogP contribution in [0.2, 0.25) is 15.1 Å². The van der Waals surface area contributed by atoms with Crippen LogP contribution in [0.5, 0.6) is 11.5 Å². The normalized spacial score (nSPS) is 11.5. The Labute approximate surface area is 158 Å². The van der Waals surface area contributed by atoms with Crippen molar-refractivity contribution in [3.05, 3.63) is 57.0 Å². The van der Waals surface area contributed by atoms with Crippen LogP contribution in [0, 0.1) is 0 Å². The van der Waals surface area contributed by atoms with E-state index in [4.69, 9.17) is 39.5 Å². The van der Waals surface area contributed by atoms with Gasteiger partial charge in [0.2, 0.25) is 0 Å². The molecule has 0 heterocycles. The van der Waals surface area contributed by atoms with Crippen LogP contribution in [0.3, 0.4) is 0 Å². The van der Waals surface area contributed by atoms with E-state index in [-0.39, 0.29) is 27.1 Å². The minimum absolute atomic E-state index is 0.0814. The molecule has 25 heavy (non-hydrogen) atoms. The van der Waals surface area contributed by atoms with Gasteiger partial charge in [-0.05, 0) is 43.3 Å². The van der Waals surface area contributed by atoms with E-state index in [2.05, 4.69) is 10.9 Å². The van der Waals surface area contributed by atoms with Crippen molar-refractivity contribution in [3.8, 4) is 11.5 Å². The predicted molar refractivity (Wildman–Crippen MR) is 95.3 cm³/mol. The summed E-state index contributed by atoms with van der Waals surface area (Å²) in [5.74, 6) is -1.35. The number of hydrogen-bond acceptors (Lipinski definition) is 4. The maximum atomic E-state index is 12.0. The Bertz CT molecular complexity index is 814. The molecule has 2 rings (SSSR count). The predicted octanol–water partition coefficient (Wildman–Crippen LogP) is 3.58. The summed E-state index contributed by atoms with van der Waals surface area (Å²) >= 11 is 17.5. The topological polar surface area (TPSA) is 87.7 Å². The van der Waals surface area contributed by atoms with E-state index in [0.29, 0.717) is 5.02 Å². The number of nitrogens with one attached hydrogen (secondary N) is 2. The highest BCUT2D eigenvalue weighted by Crippen LogP contribution is 2.28. The van der Waals surface area contributed by atoms with Crippen LogP contribution in [-0.4, -0.2) is 23.0 Å². The van der Waals surface area contributed by atoms with E-state index in [1.807, 2.05) is 0 Å². The lowest BCUT2D eigenvalue weighted by molar-refractivity contribution is -0.128. The quantitative estimate of drug-likeness (QED) is 0.681. The van der Waals surface area contributed by atoms with Gasteiger partial charge in [0.25, 0.3) is 11.8 Å². The van der Waals surface area contributed by atoms with Crippen molar-refractivity contribution < 1.29 is 19.4 Å². The third-order valence-corrected chi connectivity index (χ3v) is 3.83. The van der Waals surface area contributed by atoms with E-state index in [9.17, 15) is 14.7 Å². The Kier molecular flexibility index (Phi) is 6.36. The Morgan fingerprint density at radius 2 is 1.68 bits per heavy atom. The average Bonchev–Trinajstić information content (AvgIpc) is 2.56. The molecule has 3 N–H and O–H groups in total. The highest BCUT2D eigenvalue weighted by Gasteiger charge is 2.18. The van der Waals surface area contributed by atoms with E-state index >= 15 is 0 Å². The van der Waals surface area contributed by atoms with Gasteiger partial charge in [-0.25, -0.2) is 0 Å². The van der Waals surface area contributed by atoms with E-state index in [1.54, 1.807) is 6.07 Å². The molecule has 0 aliphatic carbocycles. The van der Waals surface area contributed by atoms with Gasteiger partial charge in [0.1, 0.15) is 11.5 Å². The van der Waals surface area contributed by atoms with Gasteiger partial charge in [-0.15, -0.1) is 0 Å². The molecule has 2 amide bonds. The van der Waals surface area contributed by atoms with Crippen LogP contribution in [0.15, 0.2) is 36.4 Å². The van der Waals surface area contributed by atoms with Crippen LogP contribution >= 0.6 is 34.8 Å². The number of benzene rings is 2. The summed E-state index contributed by atoms with van der Waals surface area (Å²) in [6.07, 6.45) is -0.952. The summed E-state index contributed by atoms with van der Waals surface area (Å²) in [5, 5.41) is 10.6. The smallest absolute Gasteiger partial charge is 0.279 e. The zero-order chi connectivity index (χ0) is 18.6. The number of hydrogen-bond donors (Lipinski definition) is 3. The number of ether oxygens (including phenoxy) is 1. The zero-order valence-electron chi connectivity index (χ0n) is 12.8. The van der Waals surface area contributed by atoms with E-state index < -0.39 is 17.9 Å². The van der Waals surface area contributed by atoms with Gasteiger partial charge < -0.3 is 9.84 Å². The van der Waals surface area contributed by atoms with Crippen LogP contribution in [-0.2, 0) is 4.79 Å². The summed E-state index contributed by atoms with van der Waals surface area (Å²) in [6, 6.07) is 8.54. The molecule has 0 aliphatic heterocycles. The zero-order valence-corrected chi connectivity index (χ0v) is 15.1. The Morgan fingerprint density at radius 3 is 2.36 bits per heavy atom. The van der Waals surface area contributed by atoms with Gasteiger partial charge in [0.15, 0.2) is 6.10 Å². The van der Waals surface area contributed by atoms with Gasteiger partial charge in [0.05, 0.1) is 10.6 Å². The summed E-state index contributed by atoms with van der Waals surface area (Å²) < 4.78 is 5.42. The van der Waals surface area contributed by atoms with Crippen molar-refractivity contribution in [2.75, 3.05) is 0 Å². The number of rotatable bonds is 4. The van der Waals surface area contributed by atoms with Crippen LogP contribution in [0.4, 0.5) is 0 Å². The van der Waals surface area contributed by atoms with Crippen molar-refractivity contribution in [2.24, 2.45) is 0 Å². The number of amides is 2. The van der Waals surface area contributed by atoms with Gasteiger partial charge in [0, 0.05) is 10.0 Å². The van der Waals surface area contributed by atoms with Crippen LogP contribution in [0.1, 0.15) is 17.3 Å². The summed E-state index contributed by atoms with van der Waals surface area (Å²) in [4.78, 5) is 24.0. The molecule has 9 heteroatoms. The molecule has 0 aliphatic rings. The van der Waals surface area contributed by atoms with Gasteiger partial charge in [-0.2, -0.15) is 0 Å². The Balaban J connectivity index is 1.95. The number of hydrazine groups is 1. The van der Waals surface area contributed by atoms with Crippen molar-refractivity contribution in [1.29, 1.82) is 0 Å². The molecule has 2 aromatic rings. The standard InChI is InChI=1S/C16H13Cl3N2O4/c1-8(25-14-5-3-10(18)7-12(14)19)15(23)20-21-16(24)11-6-9(17)2-4-13(11)22/h2-8,22H,1H3,(H,20,23)(H,21,24)/t8-/m0/s1. The molecule has 0 fully saturated rings. The first-order valence-corrected chi connectivity index (χ1v) is 8.11. The lowest BCUT2D eigenvalue weighted by Gasteiger charge is -2.16. The molecule has 0 saturated heterocycles. The second-order valence-electron chi connectivity index (χ2n) is 4.94. The molecule has 6 nitrogen and oxygen atoms in total. The molecule has 1 atom stereocenters. The minimum Gasteiger partial charge on any atom is -0.507 e. The van der Waals surface area contributed by atoms with E-state index in [1.165, 1.54) is 37.3 Å². The largest absolute Gasteiger partial charge is 0.507 e. The SMILES string of the molecule is C[C@H](Oc1ccc(Cl)cc1Cl)C(=O)NNC(=O)c1cc(Cl)ccc1O. The maximum absolute atomic E-state index is 12.0. The van der Waals surface area contributed by atoms with Gasteiger partial charge in [-0.1, -0.05) is 34.8 Å². The molecular formula is C16H13Cl3N2O4. The van der Waals surface area contributed by atoms with E-state index in [0.717, 1.165) is 0 Å². The Morgan fingerprint density at radius 1 is 1.04 bits per heavy atom. The number of aromatic hydroxyl groups is 1. The van der Waals surface area contributed by atoms with Crippen LogP contribution < -0.4 is 15.6 Å². The molecule has 0 saturated carbocycles. The van der Waals surface area contributed by atoms with Gasteiger partial charge >= 0.3 is 0 Å². The first kappa shape index (κ1) is 19.2. The number of carbonyl (C=O) groups excluding carboxylic acids is 2. The molecular weight excluding hydrogens is 391 g/mol. The molecule has 0 spiro atoms. The molecule has 132 valence electrons. The lowest BCUT2D eigenvalue weighted by atomic mass is 10.2. The fourth-order valence-electron chi connectivity index (χ4n) is 1.79. The molecule has 2 aromatic carbocycles. The fourth-order valence-corrected chi connectivity index (χ4v) is 2.42. The van der Waals surface area contributed by atoms with Crippen molar-refractivity contribution >= 4 is 46.6 Å². The fraction of sp³-hybridized carbons (Fsp3) is 0.125. The Hall–Kier alpha value is -2.15. The summed E-state index contributed by atoms with van der Waals surface area (Å²) in [6.45, 7) is 1.48. The second kappa shape index (κ2) is 8.29. The number of halogens is 3. The lowest BCUT2D eigenvalue weighted by Crippen LogP contribution is -2.47. The van der Waals surface area contributed by atoms with Crippen molar-refractivity contribution in [2.45, 2.75) is 13.0 Å². The average molecular weight is 404 g/mol. The van der Waals surface area contributed by atoms with Gasteiger partial charge in [-0.3, -0.25) is 20.4 Å². The minimum atomic E-state index is -0.952. The maximum Gasteiger partial charge on any atom is 0.279 e. The monoisotopic (exact) mass is 402 g/mol. The van der Waals surface area contributed by atoms with Crippen molar-refractivity contribution in [1.82, 2.24) is 10.9 Å². The number of carbonyl (C=O) groups is 2. The van der Waals surface area contributed by atoms with Crippen molar-refractivity contribution in [3.63, 3.8) is 0 Å². The summed E-state index contributed by atoms with van der Waals surface area (Å²) in [7, 11) is 0. The molecule has 0 unspecified atom stereocenters. The first-order chi connectivity index (χ1) is 11.8. The highest BCUT2D eigenvalue weighted by molar-refractivity contribution is 6.35. The molecule has 0 bridgehead atoms. The molecule has 0 radical (unpaired) electrons. The number of phenols is 1. The van der Waals surface area contributed by atoms with Crippen LogP contribution in [0.25, 0.3) is 0 Å².